The van der Waals surface area contributed by atoms with Crippen LogP contribution in [0.3, 0.4) is 0 Å². The lowest BCUT2D eigenvalue weighted by Gasteiger charge is -2.26. The number of hydrogen-bond acceptors (Lipinski definition) is 5. The van der Waals surface area contributed by atoms with Crippen molar-refractivity contribution in [3.05, 3.63) is 59.7 Å². The molecule has 1 saturated heterocycles. The minimum atomic E-state index is -0.314. The summed E-state index contributed by atoms with van der Waals surface area (Å²) in [7, 11) is 0. The van der Waals surface area contributed by atoms with E-state index >= 15 is 0 Å². The van der Waals surface area contributed by atoms with Gasteiger partial charge in [-0.25, -0.2) is 0 Å². The van der Waals surface area contributed by atoms with Gasteiger partial charge in [-0.05, 0) is 43.7 Å². The second kappa shape index (κ2) is 11.3. The fraction of sp³-hybridized carbons (Fsp3) is 0.391. The Balaban J connectivity index is 1.47. The van der Waals surface area contributed by atoms with E-state index in [1.807, 2.05) is 31.2 Å². The van der Waals surface area contributed by atoms with Gasteiger partial charge in [0.2, 0.25) is 0 Å². The fourth-order valence-electron chi connectivity index (χ4n) is 3.26. The first-order valence-corrected chi connectivity index (χ1v) is 10.3. The predicted octanol–water partition coefficient (Wildman–Crippen LogP) is 2.46. The molecule has 2 N–H and O–H groups in total. The van der Waals surface area contributed by atoms with Gasteiger partial charge in [-0.15, -0.1) is 0 Å². The zero-order valence-corrected chi connectivity index (χ0v) is 17.4. The summed E-state index contributed by atoms with van der Waals surface area (Å²) in [6, 6.07) is 14.5. The highest BCUT2D eigenvalue weighted by molar-refractivity contribution is 6.04. The molecule has 2 amide bonds. The Hall–Kier alpha value is -2.90. The Labute approximate surface area is 177 Å². The maximum atomic E-state index is 12.6. The molecule has 1 aliphatic rings. The lowest BCUT2D eigenvalue weighted by molar-refractivity contribution is -0.118. The second-order valence-electron chi connectivity index (χ2n) is 7.21. The minimum absolute atomic E-state index is 0.125. The van der Waals surface area contributed by atoms with E-state index in [2.05, 4.69) is 15.5 Å². The number of ether oxygens (including phenoxy) is 2. The highest BCUT2D eigenvalue weighted by Crippen LogP contribution is 2.17. The van der Waals surface area contributed by atoms with E-state index in [0.717, 1.165) is 44.8 Å². The third-order valence-electron chi connectivity index (χ3n) is 4.94. The van der Waals surface area contributed by atoms with E-state index in [-0.39, 0.29) is 18.4 Å². The first kappa shape index (κ1) is 21.8. The molecule has 0 radical (unpaired) electrons. The summed E-state index contributed by atoms with van der Waals surface area (Å²) in [6.07, 6.45) is 0.866. The number of amides is 2. The van der Waals surface area contributed by atoms with Gasteiger partial charge in [0.15, 0.2) is 6.61 Å². The molecule has 0 bridgehead atoms. The lowest BCUT2D eigenvalue weighted by Crippen LogP contribution is -2.38. The molecular formula is C23H29N3O4. The van der Waals surface area contributed by atoms with E-state index in [4.69, 9.17) is 9.47 Å². The van der Waals surface area contributed by atoms with Gasteiger partial charge in [0.1, 0.15) is 5.75 Å². The molecule has 3 rings (SSSR count). The number of carbonyl (C=O) groups excluding carboxylic acids is 2. The minimum Gasteiger partial charge on any atom is -0.483 e. The molecule has 7 nitrogen and oxygen atoms in total. The van der Waals surface area contributed by atoms with Crippen LogP contribution in [0.2, 0.25) is 0 Å². The van der Waals surface area contributed by atoms with Crippen LogP contribution in [0.5, 0.6) is 5.75 Å². The van der Waals surface area contributed by atoms with Crippen molar-refractivity contribution in [3.63, 3.8) is 0 Å². The standard InChI is InChI=1S/C23H29N3O4/c1-18-7-2-5-10-21(18)30-17-22(27)25-20-9-4-3-8-19(20)23(28)24-11-6-12-26-13-15-29-16-14-26/h2-5,7-10H,6,11-17H2,1H3,(H,24,28)(H,25,27). The Morgan fingerprint density at radius 3 is 2.60 bits per heavy atom. The first-order valence-electron chi connectivity index (χ1n) is 10.3. The van der Waals surface area contributed by atoms with Gasteiger partial charge in [-0.2, -0.15) is 0 Å². The van der Waals surface area contributed by atoms with E-state index in [1.165, 1.54) is 0 Å². The quantitative estimate of drug-likeness (QED) is 0.620. The van der Waals surface area contributed by atoms with Crippen molar-refractivity contribution in [1.29, 1.82) is 0 Å². The Morgan fingerprint density at radius 2 is 1.80 bits per heavy atom. The number of nitrogens with one attached hydrogen (secondary N) is 2. The molecule has 0 saturated carbocycles. The van der Waals surface area contributed by atoms with Crippen LogP contribution >= 0.6 is 0 Å². The molecule has 1 aliphatic heterocycles. The van der Waals surface area contributed by atoms with Crippen LogP contribution in [0.25, 0.3) is 0 Å². The number of rotatable bonds is 9. The second-order valence-corrected chi connectivity index (χ2v) is 7.21. The van der Waals surface area contributed by atoms with Crippen LogP contribution in [0.4, 0.5) is 5.69 Å². The molecule has 1 fully saturated rings. The van der Waals surface area contributed by atoms with E-state index < -0.39 is 0 Å². The smallest absolute Gasteiger partial charge is 0.262 e. The van der Waals surface area contributed by atoms with E-state index in [9.17, 15) is 9.59 Å². The van der Waals surface area contributed by atoms with Gasteiger partial charge in [-0.3, -0.25) is 14.5 Å². The Kier molecular flexibility index (Phi) is 8.23. The summed E-state index contributed by atoms with van der Waals surface area (Å²) in [5.74, 6) is 0.150. The van der Waals surface area contributed by atoms with Crippen LogP contribution in [0, 0.1) is 6.92 Å². The number of aryl methyl sites for hydroxylation is 1. The van der Waals surface area contributed by atoms with Gasteiger partial charge in [0.25, 0.3) is 11.8 Å². The topological polar surface area (TPSA) is 79.9 Å². The molecule has 0 aromatic heterocycles. The van der Waals surface area contributed by atoms with Crippen LogP contribution in [-0.4, -0.2) is 62.7 Å². The van der Waals surface area contributed by atoms with Crippen LogP contribution in [-0.2, 0) is 9.53 Å². The average Bonchev–Trinajstić information content (AvgIpc) is 2.77. The summed E-state index contributed by atoms with van der Waals surface area (Å²) in [5, 5.41) is 5.71. The molecule has 1 heterocycles. The van der Waals surface area contributed by atoms with Crippen molar-refractivity contribution >= 4 is 17.5 Å². The summed E-state index contributed by atoms with van der Waals surface area (Å²) >= 11 is 0. The zero-order valence-electron chi connectivity index (χ0n) is 17.4. The van der Waals surface area contributed by atoms with Crippen molar-refractivity contribution in [1.82, 2.24) is 10.2 Å². The highest BCUT2D eigenvalue weighted by Gasteiger charge is 2.14. The number of para-hydroxylation sites is 2. The molecular weight excluding hydrogens is 382 g/mol. The number of nitrogens with zero attached hydrogens (tertiary/aromatic N) is 1. The summed E-state index contributed by atoms with van der Waals surface area (Å²) < 4.78 is 10.9. The molecule has 0 unspecified atom stereocenters. The van der Waals surface area contributed by atoms with Gasteiger partial charge in [0, 0.05) is 19.6 Å². The van der Waals surface area contributed by atoms with Gasteiger partial charge < -0.3 is 20.1 Å². The largest absolute Gasteiger partial charge is 0.483 e. The van der Waals surface area contributed by atoms with Crippen molar-refractivity contribution in [2.45, 2.75) is 13.3 Å². The lowest BCUT2D eigenvalue weighted by atomic mass is 10.1. The van der Waals surface area contributed by atoms with Gasteiger partial charge in [-0.1, -0.05) is 30.3 Å². The number of benzene rings is 2. The van der Waals surface area contributed by atoms with Crippen molar-refractivity contribution in [2.24, 2.45) is 0 Å². The van der Waals surface area contributed by atoms with Crippen molar-refractivity contribution in [3.8, 4) is 5.75 Å². The number of morpholine rings is 1. The molecule has 0 aliphatic carbocycles. The van der Waals surface area contributed by atoms with E-state index in [0.29, 0.717) is 23.5 Å². The maximum absolute atomic E-state index is 12.6. The Morgan fingerprint density at radius 1 is 1.07 bits per heavy atom. The van der Waals surface area contributed by atoms with E-state index in [1.54, 1.807) is 24.3 Å². The number of anilines is 1. The van der Waals surface area contributed by atoms with Crippen molar-refractivity contribution < 1.29 is 19.1 Å². The van der Waals surface area contributed by atoms with Crippen molar-refractivity contribution in [2.75, 3.05) is 51.3 Å². The number of carbonyl (C=O) groups is 2. The molecule has 30 heavy (non-hydrogen) atoms. The summed E-state index contributed by atoms with van der Waals surface area (Å²) in [6.45, 7) is 6.72. The SMILES string of the molecule is Cc1ccccc1OCC(=O)Nc1ccccc1C(=O)NCCCN1CCOCC1. The fourth-order valence-corrected chi connectivity index (χ4v) is 3.26. The van der Waals surface area contributed by atoms with Crippen LogP contribution in [0.1, 0.15) is 22.3 Å². The number of hydrogen-bond donors (Lipinski definition) is 2. The molecule has 2 aromatic carbocycles. The monoisotopic (exact) mass is 411 g/mol. The molecule has 7 heteroatoms. The third-order valence-corrected chi connectivity index (χ3v) is 4.94. The van der Waals surface area contributed by atoms with Gasteiger partial charge >= 0.3 is 0 Å². The average molecular weight is 412 g/mol. The molecule has 0 spiro atoms. The van der Waals surface area contributed by atoms with Crippen LogP contribution in [0.15, 0.2) is 48.5 Å². The molecule has 2 aromatic rings. The van der Waals surface area contributed by atoms with Crippen LogP contribution < -0.4 is 15.4 Å². The zero-order chi connectivity index (χ0) is 21.2. The maximum Gasteiger partial charge on any atom is 0.262 e. The summed E-state index contributed by atoms with van der Waals surface area (Å²) in [5.41, 5.74) is 1.87. The highest BCUT2D eigenvalue weighted by atomic mass is 16.5. The van der Waals surface area contributed by atoms with Gasteiger partial charge in [0.05, 0.1) is 24.5 Å². The Bertz CT molecular complexity index is 850. The normalized spacial score (nSPS) is 14.2. The molecule has 0 atom stereocenters. The molecule has 160 valence electrons. The summed E-state index contributed by atoms with van der Waals surface area (Å²) in [4.78, 5) is 27.3. The predicted molar refractivity (Wildman–Crippen MR) is 116 cm³/mol. The first-order chi connectivity index (χ1) is 14.6. The third kappa shape index (κ3) is 6.57.